The molecule has 2 nitrogen and oxygen atoms in total. The first-order chi connectivity index (χ1) is 10.1. The van der Waals surface area contributed by atoms with Gasteiger partial charge in [0.2, 0.25) is 0 Å². The van der Waals surface area contributed by atoms with Crippen LogP contribution in [0.5, 0.6) is 5.75 Å². The third-order valence-electron chi connectivity index (χ3n) is 4.52. The maximum Gasteiger partial charge on any atom is 0.126 e. The molecule has 0 spiro atoms. The minimum Gasteiger partial charge on any atom is -0.489 e. The van der Waals surface area contributed by atoms with Crippen molar-refractivity contribution < 1.29 is 9.13 Å². The van der Waals surface area contributed by atoms with Crippen molar-refractivity contribution in [3.8, 4) is 5.75 Å². The minimum absolute atomic E-state index is 0.138. The first kappa shape index (κ1) is 16.3. The molecule has 3 unspecified atom stereocenters. The van der Waals surface area contributed by atoms with Crippen molar-refractivity contribution in [1.29, 1.82) is 0 Å². The molecule has 0 aromatic heterocycles. The monoisotopic (exact) mass is 293 g/mol. The molecule has 1 aromatic rings. The van der Waals surface area contributed by atoms with Gasteiger partial charge in [-0.3, -0.25) is 0 Å². The van der Waals surface area contributed by atoms with Gasteiger partial charge in [0.25, 0.3) is 0 Å². The van der Waals surface area contributed by atoms with Crippen LogP contribution in [0.4, 0.5) is 4.39 Å². The molecule has 0 bridgehead atoms. The lowest BCUT2D eigenvalue weighted by molar-refractivity contribution is 0.0717. The molecule has 1 N–H and O–H groups in total. The normalized spacial score (nSPS) is 26.0. The van der Waals surface area contributed by atoms with Gasteiger partial charge >= 0.3 is 0 Å². The lowest BCUT2D eigenvalue weighted by Crippen LogP contribution is -2.48. The maximum atomic E-state index is 13.3. The first-order valence-electron chi connectivity index (χ1n) is 8.25. The fourth-order valence-corrected chi connectivity index (χ4v) is 3.17. The zero-order valence-corrected chi connectivity index (χ0v) is 13.4. The molecule has 3 heteroatoms. The van der Waals surface area contributed by atoms with Crippen LogP contribution in [0.1, 0.15) is 46.5 Å². The summed E-state index contributed by atoms with van der Waals surface area (Å²) in [6.45, 7) is 7.75. The Morgan fingerprint density at radius 2 is 2.14 bits per heavy atom. The smallest absolute Gasteiger partial charge is 0.126 e. The zero-order valence-electron chi connectivity index (χ0n) is 13.4. The summed E-state index contributed by atoms with van der Waals surface area (Å²) in [7, 11) is 0. The Hall–Kier alpha value is -1.09. The summed E-state index contributed by atoms with van der Waals surface area (Å²) in [6, 6.07) is 6.87. The number of ether oxygens (including phenoxy) is 1. The predicted molar refractivity (Wildman–Crippen MR) is 85.1 cm³/mol. The highest BCUT2D eigenvalue weighted by molar-refractivity contribution is 5.23. The van der Waals surface area contributed by atoms with Crippen LogP contribution in [-0.4, -0.2) is 18.7 Å². The lowest BCUT2D eigenvalue weighted by Gasteiger charge is -2.38. The predicted octanol–water partition coefficient (Wildman–Crippen LogP) is 4.40. The van der Waals surface area contributed by atoms with E-state index in [4.69, 9.17) is 4.74 Å². The fourth-order valence-electron chi connectivity index (χ4n) is 3.17. The summed E-state index contributed by atoms with van der Waals surface area (Å²) in [5.74, 6) is 1.79. The van der Waals surface area contributed by atoms with Crippen molar-refractivity contribution in [3.63, 3.8) is 0 Å². The number of hydrogen-bond donors (Lipinski definition) is 1. The largest absolute Gasteiger partial charge is 0.489 e. The van der Waals surface area contributed by atoms with Gasteiger partial charge in [0.1, 0.15) is 17.7 Å². The number of halogens is 1. The molecule has 0 aliphatic heterocycles. The summed E-state index contributed by atoms with van der Waals surface area (Å²) >= 11 is 0. The van der Waals surface area contributed by atoms with Gasteiger partial charge < -0.3 is 10.1 Å². The van der Waals surface area contributed by atoms with Crippen molar-refractivity contribution in [2.45, 2.75) is 58.6 Å². The van der Waals surface area contributed by atoms with E-state index < -0.39 is 0 Å². The van der Waals surface area contributed by atoms with E-state index in [1.165, 1.54) is 18.6 Å². The molecule has 2 rings (SSSR count). The van der Waals surface area contributed by atoms with E-state index in [1.54, 1.807) is 6.07 Å². The van der Waals surface area contributed by atoms with E-state index >= 15 is 0 Å². The van der Waals surface area contributed by atoms with Crippen molar-refractivity contribution in [2.75, 3.05) is 6.54 Å². The number of nitrogens with one attached hydrogen (secondary N) is 1. The van der Waals surface area contributed by atoms with Gasteiger partial charge in [0.15, 0.2) is 0 Å². The van der Waals surface area contributed by atoms with Crippen LogP contribution in [0.3, 0.4) is 0 Å². The minimum atomic E-state index is -0.234. The number of hydrogen-bond acceptors (Lipinski definition) is 2. The highest BCUT2D eigenvalue weighted by atomic mass is 19.1. The molecule has 0 amide bonds. The second-order valence-corrected chi connectivity index (χ2v) is 6.49. The molecule has 0 saturated heterocycles. The lowest BCUT2D eigenvalue weighted by atomic mass is 9.78. The van der Waals surface area contributed by atoms with Crippen LogP contribution in [0.25, 0.3) is 0 Å². The van der Waals surface area contributed by atoms with Gasteiger partial charge in [0.05, 0.1) is 0 Å². The average Bonchev–Trinajstić information content (AvgIpc) is 2.46. The Labute approximate surface area is 128 Å². The average molecular weight is 293 g/mol. The van der Waals surface area contributed by atoms with E-state index in [1.807, 2.05) is 6.07 Å². The van der Waals surface area contributed by atoms with Crippen LogP contribution in [0.15, 0.2) is 24.3 Å². The van der Waals surface area contributed by atoms with Gasteiger partial charge in [-0.05, 0) is 56.2 Å². The van der Waals surface area contributed by atoms with Gasteiger partial charge in [-0.1, -0.05) is 26.8 Å². The van der Waals surface area contributed by atoms with Crippen molar-refractivity contribution >= 4 is 0 Å². The van der Waals surface area contributed by atoms with Gasteiger partial charge in [-0.25, -0.2) is 4.39 Å². The second-order valence-electron chi connectivity index (χ2n) is 6.49. The van der Waals surface area contributed by atoms with Crippen LogP contribution in [-0.2, 0) is 0 Å². The molecule has 0 radical (unpaired) electrons. The number of rotatable bonds is 6. The molecule has 3 atom stereocenters. The Morgan fingerprint density at radius 3 is 2.81 bits per heavy atom. The van der Waals surface area contributed by atoms with Crippen LogP contribution in [0, 0.1) is 17.7 Å². The van der Waals surface area contributed by atoms with Crippen molar-refractivity contribution in [2.24, 2.45) is 11.8 Å². The fraction of sp³-hybridized carbons (Fsp3) is 0.667. The molecule has 1 aromatic carbocycles. The second kappa shape index (κ2) is 7.79. The van der Waals surface area contributed by atoms with E-state index in [2.05, 4.69) is 26.1 Å². The van der Waals surface area contributed by atoms with Crippen molar-refractivity contribution in [1.82, 2.24) is 5.32 Å². The van der Waals surface area contributed by atoms with Gasteiger partial charge in [-0.15, -0.1) is 0 Å². The Balaban J connectivity index is 2.05. The summed E-state index contributed by atoms with van der Waals surface area (Å²) in [6.07, 6.45) is 4.71. The molecule has 1 fully saturated rings. The Morgan fingerprint density at radius 1 is 1.33 bits per heavy atom. The molecular formula is C18H28FNO. The molecule has 1 saturated carbocycles. The zero-order chi connectivity index (χ0) is 15.2. The SMILES string of the molecule is CCCNC1CCC(C(C)C)CC1Oc1cccc(F)c1. The summed E-state index contributed by atoms with van der Waals surface area (Å²) < 4.78 is 19.5. The van der Waals surface area contributed by atoms with Crippen LogP contribution >= 0.6 is 0 Å². The molecular weight excluding hydrogens is 265 g/mol. The molecule has 118 valence electrons. The van der Waals surface area contributed by atoms with E-state index in [0.717, 1.165) is 25.8 Å². The molecule has 21 heavy (non-hydrogen) atoms. The van der Waals surface area contributed by atoms with Gasteiger partial charge in [0, 0.05) is 12.1 Å². The highest BCUT2D eigenvalue weighted by Crippen LogP contribution is 2.32. The topological polar surface area (TPSA) is 21.3 Å². The summed E-state index contributed by atoms with van der Waals surface area (Å²) in [5.41, 5.74) is 0. The van der Waals surface area contributed by atoms with Crippen LogP contribution in [0.2, 0.25) is 0 Å². The number of benzene rings is 1. The highest BCUT2D eigenvalue weighted by Gasteiger charge is 2.32. The van der Waals surface area contributed by atoms with Crippen molar-refractivity contribution in [3.05, 3.63) is 30.1 Å². The summed E-state index contributed by atoms with van der Waals surface area (Å²) in [4.78, 5) is 0. The molecule has 1 aliphatic carbocycles. The van der Waals surface area contributed by atoms with E-state index in [0.29, 0.717) is 23.6 Å². The van der Waals surface area contributed by atoms with E-state index in [-0.39, 0.29) is 11.9 Å². The van der Waals surface area contributed by atoms with Gasteiger partial charge in [-0.2, -0.15) is 0 Å². The Kier molecular flexibility index (Phi) is 6.04. The molecule has 1 aliphatic rings. The van der Waals surface area contributed by atoms with Crippen LogP contribution < -0.4 is 10.1 Å². The van der Waals surface area contributed by atoms with E-state index in [9.17, 15) is 4.39 Å². The first-order valence-corrected chi connectivity index (χ1v) is 8.25. The maximum absolute atomic E-state index is 13.3. The summed E-state index contributed by atoms with van der Waals surface area (Å²) in [5, 5.41) is 3.60. The third-order valence-corrected chi connectivity index (χ3v) is 4.52. The molecule has 0 heterocycles. The third kappa shape index (κ3) is 4.70. The standard InChI is InChI=1S/C18H28FNO/c1-4-10-20-17-9-8-14(13(2)3)11-18(17)21-16-7-5-6-15(19)12-16/h5-7,12-14,17-18,20H,4,8-11H2,1-3H3. The quantitative estimate of drug-likeness (QED) is 0.839. The Bertz CT molecular complexity index is 435.